The van der Waals surface area contributed by atoms with E-state index in [4.69, 9.17) is 0 Å². The molecule has 0 saturated heterocycles. The molecule has 33 heavy (non-hydrogen) atoms. The molecule has 0 radical (unpaired) electrons. The lowest BCUT2D eigenvalue weighted by atomic mass is 10.1. The Hall–Kier alpha value is -3.49. The summed E-state index contributed by atoms with van der Waals surface area (Å²) in [5.74, 6) is -1.16. The number of hydrogen-bond acceptors (Lipinski definition) is 6. The molecule has 1 unspecified atom stereocenters. The summed E-state index contributed by atoms with van der Waals surface area (Å²) in [6.45, 7) is 9.21. The van der Waals surface area contributed by atoms with Crippen LogP contribution in [-0.4, -0.2) is 51.4 Å². The SMILES string of the molecule is CC.Cc1cnn(CCCCNc2cccc3c2C(=O)N(C(C)CCC(=O)NC=O)C3=O)c1. The van der Waals surface area contributed by atoms with Crippen LogP contribution in [0.2, 0.25) is 0 Å². The van der Waals surface area contributed by atoms with Gasteiger partial charge in [0.25, 0.3) is 11.8 Å². The number of imide groups is 2. The van der Waals surface area contributed by atoms with Crippen molar-refractivity contribution in [2.45, 2.75) is 66.0 Å². The van der Waals surface area contributed by atoms with Gasteiger partial charge in [-0.05, 0) is 50.8 Å². The van der Waals surface area contributed by atoms with Gasteiger partial charge in [0.05, 0.1) is 17.3 Å². The number of carbonyl (C=O) groups is 4. The molecule has 0 aliphatic carbocycles. The third-order valence-electron chi connectivity index (χ3n) is 5.29. The molecular weight excluding hydrogens is 422 g/mol. The molecule has 4 amide bonds. The van der Waals surface area contributed by atoms with E-state index in [1.807, 2.05) is 37.8 Å². The first kappa shape index (κ1) is 25.8. The lowest BCUT2D eigenvalue weighted by molar-refractivity contribution is -0.125. The Morgan fingerprint density at radius 3 is 2.61 bits per heavy atom. The quantitative estimate of drug-likeness (QED) is 0.306. The molecule has 1 aromatic heterocycles. The highest BCUT2D eigenvalue weighted by atomic mass is 16.2. The van der Waals surface area contributed by atoms with Gasteiger partial charge in [-0.15, -0.1) is 0 Å². The van der Waals surface area contributed by atoms with Crippen LogP contribution in [0.25, 0.3) is 0 Å². The van der Waals surface area contributed by atoms with E-state index >= 15 is 0 Å². The third kappa shape index (κ3) is 6.50. The topological polar surface area (TPSA) is 113 Å². The number of nitrogens with zero attached hydrogens (tertiary/aromatic N) is 3. The minimum atomic E-state index is -0.463. The second-order valence-electron chi connectivity index (χ2n) is 7.70. The molecule has 0 bridgehead atoms. The van der Waals surface area contributed by atoms with Crippen LogP contribution >= 0.6 is 0 Å². The maximum absolute atomic E-state index is 13.0. The molecule has 9 heteroatoms. The van der Waals surface area contributed by atoms with E-state index in [0.29, 0.717) is 29.8 Å². The molecule has 0 fully saturated rings. The zero-order valence-electron chi connectivity index (χ0n) is 19.8. The Morgan fingerprint density at radius 1 is 1.18 bits per heavy atom. The van der Waals surface area contributed by atoms with Crippen LogP contribution in [0.3, 0.4) is 0 Å². The van der Waals surface area contributed by atoms with Crippen LogP contribution in [0.15, 0.2) is 30.6 Å². The summed E-state index contributed by atoms with van der Waals surface area (Å²) >= 11 is 0. The molecule has 0 saturated carbocycles. The number of anilines is 1. The summed E-state index contributed by atoms with van der Waals surface area (Å²) in [6.07, 6.45) is 6.30. The monoisotopic (exact) mass is 455 g/mol. The highest BCUT2D eigenvalue weighted by molar-refractivity contribution is 6.24. The van der Waals surface area contributed by atoms with E-state index in [2.05, 4.69) is 15.7 Å². The minimum absolute atomic E-state index is 0.0498. The van der Waals surface area contributed by atoms with Crippen molar-refractivity contribution in [1.82, 2.24) is 20.0 Å². The number of hydrogen-bond donors (Lipinski definition) is 2. The fourth-order valence-electron chi connectivity index (χ4n) is 3.67. The van der Waals surface area contributed by atoms with Gasteiger partial charge in [0.1, 0.15) is 0 Å². The van der Waals surface area contributed by atoms with E-state index in [-0.39, 0.29) is 24.7 Å². The number of carbonyl (C=O) groups excluding carboxylic acids is 4. The van der Waals surface area contributed by atoms with Gasteiger partial charge in [-0.1, -0.05) is 19.9 Å². The van der Waals surface area contributed by atoms with Crippen molar-refractivity contribution in [2.75, 3.05) is 11.9 Å². The minimum Gasteiger partial charge on any atom is -0.384 e. The van der Waals surface area contributed by atoms with Gasteiger partial charge in [-0.2, -0.15) is 5.10 Å². The Balaban J connectivity index is 0.00000187. The van der Waals surface area contributed by atoms with Crippen LogP contribution < -0.4 is 10.6 Å². The maximum Gasteiger partial charge on any atom is 0.263 e. The van der Waals surface area contributed by atoms with Gasteiger partial charge in [-0.25, -0.2) is 0 Å². The Morgan fingerprint density at radius 2 is 1.94 bits per heavy atom. The van der Waals surface area contributed by atoms with E-state index in [0.717, 1.165) is 24.9 Å². The van der Waals surface area contributed by atoms with E-state index in [9.17, 15) is 19.2 Å². The van der Waals surface area contributed by atoms with Gasteiger partial charge in [0, 0.05) is 37.4 Å². The second kappa shape index (κ2) is 12.5. The lowest BCUT2D eigenvalue weighted by Gasteiger charge is -2.22. The smallest absolute Gasteiger partial charge is 0.263 e. The molecule has 3 rings (SSSR count). The first-order chi connectivity index (χ1) is 15.9. The zero-order valence-corrected chi connectivity index (χ0v) is 19.8. The number of amides is 4. The molecule has 0 spiro atoms. The summed E-state index contributed by atoms with van der Waals surface area (Å²) in [5.41, 5.74) is 2.51. The van der Waals surface area contributed by atoms with Crippen molar-refractivity contribution in [1.29, 1.82) is 0 Å². The van der Waals surface area contributed by atoms with Gasteiger partial charge >= 0.3 is 0 Å². The summed E-state index contributed by atoms with van der Waals surface area (Å²) in [5, 5.41) is 9.61. The number of benzene rings is 1. The fraction of sp³-hybridized carbons (Fsp3) is 0.458. The summed E-state index contributed by atoms with van der Waals surface area (Å²) in [7, 11) is 0. The zero-order chi connectivity index (χ0) is 24.4. The van der Waals surface area contributed by atoms with Crippen molar-refractivity contribution in [3.63, 3.8) is 0 Å². The van der Waals surface area contributed by atoms with Crippen molar-refractivity contribution < 1.29 is 19.2 Å². The number of unbranched alkanes of at least 4 members (excludes halogenated alkanes) is 1. The first-order valence-corrected chi connectivity index (χ1v) is 11.4. The largest absolute Gasteiger partial charge is 0.384 e. The van der Waals surface area contributed by atoms with Crippen LogP contribution in [0.1, 0.15) is 72.7 Å². The first-order valence-electron chi connectivity index (χ1n) is 11.4. The van der Waals surface area contributed by atoms with E-state index in [1.54, 1.807) is 25.1 Å². The van der Waals surface area contributed by atoms with Gasteiger partial charge in [-0.3, -0.25) is 34.1 Å². The molecule has 178 valence electrons. The van der Waals surface area contributed by atoms with E-state index in [1.165, 1.54) is 4.90 Å². The Kier molecular flexibility index (Phi) is 9.78. The molecule has 2 heterocycles. The molecule has 1 aliphatic rings. The van der Waals surface area contributed by atoms with Gasteiger partial charge in [0.15, 0.2) is 0 Å². The average Bonchev–Trinajstić information content (AvgIpc) is 3.34. The number of fused-ring (bicyclic) bond motifs is 1. The highest BCUT2D eigenvalue weighted by Gasteiger charge is 2.40. The predicted octanol–water partition coefficient (Wildman–Crippen LogP) is 3.15. The average molecular weight is 456 g/mol. The van der Waals surface area contributed by atoms with Crippen molar-refractivity contribution >= 4 is 29.8 Å². The molecular formula is C24H33N5O4. The summed E-state index contributed by atoms with van der Waals surface area (Å²) in [6, 6.07) is 4.74. The summed E-state index contributed by atoms with van der Waals surface area (Å²) in [4.78, 5) is 48.9. The van der Waals surface area contributed by atoms with Crippen LogP contribution in [0.5, 0.6) is 0 Å². The number of aromatic nitrogens is 2. The fourth-order valence-corrected chi connectivity index (χ4v) is 3.67. The second-order valence-corrected chi connectivity index (χ2v) is 7.70. The summed E-state index contributed by atoms with van der Waals surface area (Å²) < 4.78 is 1.91. The highest BCUT2D eigenvalue weighted by Crippen LogP contribution is 2.31. The Labute approximate surface area is 194 Å². The van der Waals surface area contributed by atoms with Crippen LogP contribution in [0, 0.1) is 6.92 Å². The van der Waals surface area contributed by atoms with Crippen LogP contribution in [0.4, 0.5) is 5.69 Å². The predicted molar refractivity (Wildman–Crippen MR) is 126 cm³/mol. The van der Waals surface area contributed by atoms with Gasteiger partial charge in [0.2, 0.25) is 12.3 Å². The standard InChI is InChI=1S/C22H27N5O4.C2H6/c1-15-12-25-26(13-15)11-4-3-10-23-18-7-5-6-17-20(18)22(31)27(21(17)30)16(2)8-9-19(29)24-14-28;1-2/h5-7,12-14,16,23H,3-4,8-11H2,1-2H3,(H,24,28,29);1-2H3. The van der Waals surface area contributed by atoms with E-state index < -0.39 is 11.9 Å². The maximum atomic E-state index is 13.0. The van der Waals surface area contributed by atoms with Crippen molar-refractivity contribution in [3.8, 4) is 0 Å². The normalized spacial score (nSPS) is 13.2. The number of rotatable bonds is 11. The molecule has 1 atom stereocenters. The van der Waals surface area contributed by atoms with Crippen molar-refractivity contribution in [2.24, 2.45) is 0 Å². The molecule has 2 aromatic rings. The third-order valence-corrected chi connectivity index (χ3v) is 5.29. The molecule has 1 aliphatic heterocycles. The number of aryl methyl sites for hydroxylation is 2. The van der Waals surface area contributed by atoms with Crippen LogP contribution in [-0.2, 0) is 16.1 Å². The molecule has 2 N–H and O–H groups in total. The number of nitrogens with one attached hydrogen (secondary N) is 2. The molecule has 9 nitrogen and oxygen atoms in total. The van der Waals surface area contributed by atoms with Crippen molar-refractivity contribution in [3.05, 3.63) is 47.3 Å². The Bertz CT molecular complexity index is 985. The molecule has 1 aromatic carbocycles. The van der Waals surface area contributed by atoms with Gasteiger partial charge < -0.3 is 5.32 Å². The lowest BCUT2D eigenvalue weighted by Crippen LogP contribution is -2.38.